The quantitative estimate of drug-likeness (QED) is 0.726. The second kappa shape index (κ2) is 4.03. The number of phenols is 1. The second-order valence-electron chi connectivity index (χ2n) is 3.88. The molecule has 0 bridgehead atoms. The molecule has 90 valence electrons. The zero-order chi connectivity index (χ0) is 12.7. The number of fused-ring (bicyclic) bond motifs is 1. The fraction of sp³-hybridized carbons (Fsp3) is 0. The fourth-order valence-electron chi connectivity index (χ4n) is 1.89. The van der Waals surface area contributed by atoms with Gasteiger partial charge in [-0.3, -0.25) is 4.40 Å². The molecule has 18 heavy (non-hydrogen) atoms. The fourth-order valence-corrected chi connectivity index (χ4v) is 2.36. The van der Waals surface area contributed by atoms with Gasteiger partial charge >= 0.3 is 0 Å². The molecule has 2 aromatic heterocycles. The Bertz CT molecular complexity index is 737. The molecule has 3 aromatic rings. The monoisotopic (exact) mass is 304 g/mol. The summed E-state index contributed by atoms with van der Waals surface area (Å²) in [6.07, 6.45) is 1.71. The van der Waals surface area contributed by atoms with Gasteiger partial charge in [0.2, 0.25) is 0 Å². The molecule has 0 fully saturated rings. The molecule has 5 heteroatoms. The normalized spacial score (nSPS) is 10.9. The van der Waals surface area contributed by atoms with Gasteiger partial charge in [-0.15, -0.1) is 0 Å². The van der Waals surface area contributed by atoms with Crippen molar-refractivity contribution in [3.63, 3.8) is 0 Å². The Morgan fingerprint density at radius 3 is 2.67 bits per heavy atom. The van der Waals surface area contributed by atoms with E-state index in [2.05, 4.69) is 20.9 Å². The van der Waals surface area contributed by atoms with Crippen LogP contribution in [0.2, 0.25) is 0 Å². The molecule has 0 saturated carbocycles. The molecule has 0 amide bonds. The zero-order valence-electron chi connectivity index (χ0n) is 9.21. The summed E-state index contributed by atoms with van der Waals surface area (Å²) in [5, 5.41) is 19.3. The Balaban J connectivity index is 2.34. The van der Waals surface area contributed by atoms with Crippen LogP contribution in [0.4, 0.5) is 0 Å². The molecule has 2 heterocycles. The minimum atomic E-state index is 0.171. The number of benzene rings is 1. The van der Waals surface area contributed by atoms with Crippen LogP contribution < -0.4 is 0 Å². The molecule has 0 saturated heterocycles. The number of aromatic nitrogens is 2. The summed E-state index contributed by atoms with van der Waals surface area (Å²) in [6.45, 7) is 0. The van der Waals surface area contributed by atoms with Gasteiger partial charge in [-0.25, -0.2) is 4.98 Å². The Labute approximate surface area is 111 Å². The van der Waals surface area contributed by atoms with Gasteiger partial charge in [-0.2, -0.15) is 0 Å². The van der Waals surface area contributed by atoms with Crippen molar-refractivity contribution in [1.82, 2.24) is 9.38 Å². The molecule has 0 radical (unpaired) electrons. The van der Waals surface area contributed by atoms with Gasteiger partial charge < -0.3 is 10.2 Å². The Morgan fingerprint density at radius 1 is 1.11 bits per heavy atom. The smallest absolute Gasteiger partial charge is 0.149 e. The van der Waals surface area contributed by atoms with E-state index in [1.54, 1.807) is 40.9 Å². The van der Waals surface area contributed by atoms with Crippen LogP contribution in [0.5, 0.6) is 11.5 Å². The molecule has 4 nitrogen and oxygen atoms in total. The lowest BCUT2D eigenvalue weighted by Gasteiger charge is -2.03. The van der Waals surface area contributed by atoms with Crippen molar-refractivity contribution in [3.8, 4) is 22.9 Å². The number of aromatic hydroxyl groups is 2. The predicted molar refractivity (Wildman–Crippen MR) is 71.7 cm³/mol. The third-order valence-corrected chi connectivity index (χ3v) is 3.31. The molecular formula is C13H9BrN2O2. The molecule has 0 aliphatic heterocycles. The first-order valence-corrected chi connectivity index (χ1v) is 6.11. The van der Waals surface area contributed by atoms with Crippen LogP contribution in [0.25, 0.3) is 16.9 Å². The van der Waals surface area contributed by atoms with Gasteiger partial charge in [-0.1, -0.05) is 12.1 Å². The Kier molecular flexibility index (Phi) is 2.48. The molecule has 2 N–H and O–H groups in total. The summed E-state index contributed by atoms with van der Waals surface area (Å²) in [5.41, 5.74) is 1.39. The SMILES string of the molecule is Oc1ccn2c(-c3ccccc3O)nc(Br)c2c1. The summed E-state index contributed by atoms with van der Waals surface area (Å²) < 4.78 is 2.43. The second-order valence-corrected chi connectivity index (χ2v) is 4.63. The molecule has 0 aliphatic carbocycles. The van der Waals surface area contributed by atoms with E-state index in [1.807, 2.05) is 6.07 Å². The molecular weight excluding hydrogens is 296 g/mol. The average Bonchev–Trinajstić information content (AvgIpc) is 2.67. The van der Waals surface area contributed by atoms with E-state index in [4.69, 9.17) is 0 Å². The number of hydrogen-bond acceptors (Lipinski definition) is 3. The lowest BCUT2D eigenvalue weighted by atomic mass is 10.2. The topological polar surface area (TPSA) is 57.8 Å². The van der Waals surface area contributed by atoms with Crippen LogP contribution in [-0.4, -0.2) is 19.6 Å². The van der Waals surface area contributed by atoms with Crippen molar-refractivity contribution in [1.29, 1.82) is 0 Å². The minimum absolute atomic E-state index is 0.171. The van der Waals surface area contributed by atoms with Gasteiger partial charge in [0.15, 0.2) is 0 Å². The minimum Gasteiger partial charge on any atom is -0.508 e. The van der Waals surface area contributed by atoms with E-state index in [-0.39, 0.29) is 11.5 Å². The standard InChI is InChI=1S/C13H9BrN2O2/c14-12-10-7-8(17)5-6-16(10)13(15-12)9-3-1-2-4-11(9)18/h1-7,17-18H. The number of para-hydroxylation sites is 1. The highest BCUT2D eigenvalue weighted by molar-refractivity contribution is 9.10. The van der Waals surface area contributed by atoms with Gasteiger partial charge in [-0.05, 0) is 34.1 Å². The summed E-state index contributed by atoms with van der Waals surface area (Å²) in [7, 11) is 0. The summed E-state index contributed by atoms with van der Waals surface area (Å²) >= 11 is 3.35. The number of halogens is 1. The van der Waals surface area contributed by atoms with Crippen molar-refractivity contribution in [2.75, 3.05) is 0 Å². The highest BCUT2D eigenvalue weighted by Crippen LogP contribution is 2.32. The first-order chi connectivity index (χ1) is 8.66. The van der Waals surface area contributed by atoms with E-state index in [1.165, 1.54) is 0 Å². The zero-order valence-corrected chi connectivity index (χ0v) is 10.8. The Hall–Kier alpha value is -2.01. The molecule has 0 atom stereocenters. The van der Waals surface area contributed by atoms with Crippen LogP contribution in [0, 0.1) is 0 Å². The van der Waals surface area contributed by atoms with Crippen molar-refractivity contribution in [3.05, 3.63) is 47.2 Å². The summed E-state index contributed by atoms with van der Waals surface area (Å²) in [4.78, 5) is 4.37. The van der Waals surface area contributed by atoms with E-state index in [9.17, 15) is 10.2 Å². The number of pyridine rings is 1. The van der Waals surface area contributed by atoms with Crippen LogP contribution in [-0.2, 0) is 0 Å². The van der Waals surface area contributed by atoms with E-state index >= 15 is 0 Å². The maximum atomic E-state index is 9.87. The van der Waals surface area contributed by atoms with Crippen molar-refractivity contribution < 1.29 is 10.2 Å². The first kappa shape index (κ1) is 11.1. The number of imidazole rings is 1. The molecule has 3 rings (SSSR count). The first-order valence-electron chi connectivity index (χ1n) is 5.32. The molecule has 1 aromatic carbocycles. The lowest BCUT2D eigenvalue weighted by Crippen LogP contribution is -1.88. The van der Waals surface area contributed by atoms with E-state index in [0.29, 0.717) is 16.0 Å². The summed E-state index contributed by atoms with van der Waals surface area (Å²) in [5.74, 6) is 0.965. The van der Waals surface area contributed by atoms with Gasteiger partial charge in [0, 0.05) is 12.3 Å². The van der Waals surface area contributed by atoms with Crippen LogP contribution in [0.15, 0.2) is 47.2 Å². The van der Waals surface area contributed by atoms with Gasteiger partial charge in [0.05, 0.1) is 11.1 Å². The van der Waals surface area contributed by atoms with Gasteiger partial charge in [0.1, 0.15) is 21.9 Å². The highest BCUT2D eigenvalue weighted by Gasteiger charge is 2.13. The highest BCUT2D eigenvalue weighted by atomic mass is 79.9. The van der Waals surface area contributed by atoms with Crippen LogP contribution in [0.3, 0.4) is 0 Å². The van der Waals surface area contributed by atoms with Gasteiger partial charge in [0.25, 0.3) is 0 Å². The maximum Gasteiger partial charge on any atom is 0.149 e. The number of phenolic OH excluding ortho intramolecular Hbond substituents is 1. The third kappa shape index (κ3) is 1.64. The number of nitrogens with zero attached hydrogens (tertiary/aromatic N) is 2. The molecule has 0 spiro atoms. The third-order valence-electron chi connectivity index (χ3n) is 2.73. The Morgan fingerprint density at radius 2 is 1.89 bits per heavy atom. The summed E-state index contributed by atoms with van der Waals surface area (Å²) in [6, 6.07) is 10.2. The van der Waals surface area contributed by atoms with Crippen molar-refractivity contribution >= 4 is 21.4 Å². The van der Waals surface area contributed by atoms with E-state index in [0.717, 1.165) is 5.52 Å². The molecule has 0 unspecified atom stereocenters. The van der Waals surface area contributed by atoms with E-state index < -0.39 is 0 Å². The number of rotatable bonds is 1. The van der Waals surface area contributed by atoms with Crippen molar-refractivity contribution in [2.24, 2.45) is 0 Å². The predicted octanol–water partition coefficient (Wildman–Crippen LogP) is 3.18. The maximum absolute atomic E-state index is 9.87. The average molecular weight is 305 g/mol. The largest absolute Gasteiger partial charge is 0.508 e. The van der Waals surface area contributed by atoms with Crippen LogP contribution in [0.1, 0.15) is 0 Å². The number of hydrogen-bond donors (Lipinski definition) is 2. The molecule has 0 aliphatic rings. The van der Waals surface area contributed by atoms with Crippen molar-refractivity contribution in [2.45, 2.75) is 0 Å². The van der Waals surface area contributed by atoms with Crippen LogP contribution >= 0.6 is 15.9 Å². The lowest BCUT2D eigenvalue weighted by molar-refractivity contribution is 0.475.